The van der Waals surface area contributed by atoms with Crippen LogP contribution < -0.4 is 14.8 Å². The minimum absolute atomic E-state index is 0.407. The minimum Gasteiger partial charge on any atom is -0.496 e. The largest absolute Gasteiger partial charge is 0.496 e. The quantitative estimate of drug-likeness (QED) is 0.790. The van der Waals surface area contributed by atoms with Gasteiger partial charge in [-0.25, -0.2) is 4.79 Å². The number of rotatable bonds is 5. The Morgan fingerprint density at radius 3 is 2.32 bits per heavy atom. The van der Waals surface area contributed by atoms with Crippen LogP contribution in [0.4, 0.5) is 5.69 Å². The maximum absolute atomic E-state index is 11.5. The van der Waals surface area contributed by atoms with Gasteiger partial charge in [-0.05, 0) is 18.6 Å². The summed E-state index contributed by atoms with van der Waals surface area (Å²) in [7, 11) is 2.99. The van der Waals surface area contributed by atoms with Gasteiger partial charge in [0.15, 0.2) is 0 Å². The van der Waals surface area contributed by atoms with Crippen molar-refractivity contribution >= 4 is 17.6 Å². The third kappa shape index (κ3) is 4.02. The molecular formula is C13H15NO5. The van der Waals surface area contributed by atoms with Gasteiger partial charge in [0.25, 0.3) is 0 Å². The topological polar surface area (TPSA) is 84.9 Å². The van der Waals surface area contributed by atoms with Crippen molar-refractivity contribution in [2.75, 3.05) is 19.5 Å². The van der Waals surface area contributed by atoms with Gasteiger partial charge in [-0.3, -0.25) is 4.79 Å². The molecule has 0 aliphatic carbocycles. The molecule has 0 heterocycles. The second-order valence-corrected chi connectivity index (χ2v) is 3.68. The highest BCUT2D eigenvalue weighted by molar-refractivity contribution is 6.03. The Morgan fingerprint density at radius 2 is 1.79 bits per heavy atom. The number of benzene rings is 1. The van der Waals surface area contributed by atoms with Gasteiger partial charge in [0.2, 0.25) is 5.91 Å². The van der Waals surface area contributed by atoms with Gasteiger partial charge in [-0.15, -0.1) is 0 Å². The molecule has 0 aromatic heterocycles. The second kappa shape index (κ2) is 6.44. The number of carboxylic acids is 1. The molecule has 0 bridgehead atoms. The Balaban J connectivity index is 2.99. The molecule has 1 rings (SSSR count). The summed E-state index contributed by atoms with van der Waals surface area (Å²) in [5.74, 6) is -0.691. The Hall–Kier alpha value is -2.50. The molecule has 102 valence electrons. The van der Waals surface area contributed by atoms with E-state index in [-0.39, 0.29) is 0 Å². The number of methoxy groups -OCH3 is 2. The van der Waals surface area contributed by atoms with Gasteiger partial charge in [0.05, 0.1) is 19.9 Å². The van der Waals surface area contributed by atoms with Gasteiger partial charge in [0, 0.05) is 18.2 Å². The molecule has 0 saturated heterocycles. The van der Waals surface area contributed by atoms with Crippen molar-refractivity contribution < 1.29 is 24.2 Å². The summed E-state index contributed by atoms with van der Waals surface area (Å²) in [5, 5.41) is 11.0. The highest BCUT2D eigenvalue weighted by Crippen LogP contribution is 2.32. The molecule has 1 aromatic rings. The van der Waals surface area contributed by atoms with Crippen molar-refractivity contribution in [3.05, 3.63) is 29.8 Å². The third-order valence-corrected chi connectivity index (χ3v) is 2.35. The van der Waals surface area contributed by atoms with Gasteiger partial charge in [0.1, 0.15) is 11.5 Å². The molecule has 0 fully saturated rings. The molecule has 0 spiro atoms. The number of amides is 1. The molecule has 0 aliphatic heterocycles. The third-order valence-electron chi connectivity index (χ3n) is 2.35. The van der Waals surface area contributed by atoms with E-state index in [0.717, 1.165) is 17.7 Å². The van der Waals surface area contributed by atoms with Gasteiger partial charge in [-0.2, -0.15) is 0 Å². The maximum atomic E-state index is 11.5. The SMILES string of the molecule is COc1cc(NC(=O)/C=C/C(=O)O)c(OC)cc1C. The van der Waals surface area contributed by atoms with Crippen LogP contribution in [0.1, 0.15) is 5.56 Å². The van der Waals surface area contributed by atoms with E-state index in [1.807, 2.05) is 6.92 Å². The summed E-state index contributed by atoms with van der Waals surface area (Å²) >= 11 is 0. The van der Waals surface area contributed by atoms with Crippen molar-refractivity contribution in [2.24, 2.45) is 0 Å². The lowest BCUT2D eigenvalue weighted by Gasteiger charge is -2.13. The lowest BCUT2D eigenvalue weighted by Crippen LogP contribution is -2.10. The summed E-state index contributed by atoms with van der Waals surface area (Å²) in [6.07, 6.45) is 1.68. The van der Waals surface area contributed by atoms with Crippen molar-refractivity contribution in [3.63, 3.8) is 0 Å². The lowest BCUT2D eigenvalue weighted by molar-refractivity contribution is -0.131. The van der Waals surface area contributed by atoms with E-state index >= 15 is 0 Å². The summed E-state index contributed by atoms with van der Waals surface area (Å²) in [6, 6.07) is 3.33. The van der Waals surface area contributed by atoms with Crippen LogP contribution >= 0.6 is 0 Å². The van der Waals surface area contributed by atoms with Gasteiger partial charge in [-0.1, -0.05) is 0 Å². The minimum atomic E-state index is -1.19. The summed E-state index contributed by atoms with van der Waals surface area (Å²) in [4.78, 5) is 21.8. The number of nitrogens with one attached hydrogen (secondary N) is 1. The van der Waals surface area contributed by atoms with E-state index < -0.39 is 11.9 Å². The van der Waals surface area contributed by atoms with E-state index in [1.165, 1.54) is 14.2 Å². The summed E-state index contributed by atoms with van der Waals surface area (Å²) in [6.45, 7) is 1.84. The van der Waals surface area contributed by atoms with Crippen LogP contribution in [0.2, 0.25) is 0 Å². The lowest BCUT2D eigenvalue weighted by atomic mass is 10.2. The number of carbonyl (C=O) groups is 2. The first-order chi connectivity index (χ1) is 8.97. The highest BCUT2D eigenvalue weighted by atomic mass is 16.5. The van der Waals surface area contributed by atoms with Crippen LogP contribution in [0.15, 0.2) is 24.3 Å². The van der Waals surface area contributed by atoms with Crippen molar-refractivity contribution in [3.8, 4) is 11.5 Å². The Morgan fingerprint density at radius 1 is 1.16 bits per heavy atom. The zero-order valence-corrected chi connectivity index (χ0v) is 10.9. The number of hydrogen-bond donors (Lipinski definition) is 2. The number of aryl methyl sites for hydroxylation is 1. The summed E-state index contributed by atoms with van der Waals surface area (Å²) in [5.41, 5.74) is 1.27. The fourth-order valence-corrected chi connectivity index (χ4v) is 1.47. The van der Waals surface area contributed by atoms with Crippen molar-refractivity contribution in [1.29, 1.82) is 0 Å². The zero-order chi connectivity index (χ0) is 14.4. The first-order valence-corrected chi connectivity index (χ1v) is 5.42. The fourth-order valence-electron chi connectivity index (χ4n) is 1.47. The van der Waals surface area contributed by atoms with Crippen LogP contribution in [-0.2, 0) is 9.59 Å². The van der Waals surface area contributed by atoms with E-state index in [9.17, 15) is 9.59 Å². The molecule has 0 unspecified atom stereocenters. The molecule has 0 aliphatic rings. The second-order valence-electron chi connectivity index (χ2n) is 3.68. The van der Waals surface area contributed by atoms with Crippen molar-refractivity contribution in [2.45, 2.75) is 6.92 Å². The first-order valence-electron chi connectivity index (χ1n) is 5.42. The van der Waals surface area contributed by atoms with Crippen LogP contribution in [0, 0.1) is 6.92 Å². The number of anilines is 1. The Labute approximate surface area is 110 Å². The summed E-state index contributed by atoms with van der Waals surface area (Å²) < 4.78 is 10.3. The predicted molar refractivity (Wildman–Crippen MR) is 69.7 cm³/mol. The fraction of sp³-hybridized carbons (Fsp3) is 0.231. The van der Waals surface area contributed by atoms with Crippen molar-refractivity contribution in [1.82, 2.24) is 0 Å². The highest BCUT2D eigenvalue weighted by Gasteiger charge is 2.10. The number of carboxylic acid groups (broad SMARTS) is 1. The van der Waals surface area contributed by atoms with Crippen LogP contribution in [-0.4, -0.2) is 31.2 Å². The maximum Gasteiger partial charge on any atom is 0.328 e. The van der Waals surface area contributed by atoms with E-state index in [2.05, 4.69) is 5.32 Å². The molecular weight excluding hydrogens is 250 g/mol. The molecule has 1 amide bonds. The van der Waals surface area contributed by atoms with E-state index in [0.29, 0.717) is 17.2 Å². The Bertz CT molecular complexity index is 522. The first kappa shape index (κ1) is 14.6. The number of ether oxygens (including phenoxy) is 2. The average molecular weight is 265 g/mol. The molecule has 6 heteroatoms. The molecule has 0 radical (unpaired) electrons. The zero-order valence-electron chi connectivity index (χ0n) is 10.9. The molecule has 0 saturated carbocycles. The standard InChI is InChI=1S/C13H15NO5/c1-8-6-11(19-3)9(7-10(8)18-2)14-12(15)4-5-13(16)17/h4-7H,1-3H3,(H,14,15)(H,16,17)/b5-4+. The monoisotopic (exact) mass is 265 g/mol. The number of carbonyl (C=O) groups excluding carboxylic acids is 1. The van der Waals surface area contributed by atoms with Gasteiger partial charge < -0.3 is 19.9 Å². The van der Waals surface area contributed by atoms with Gasteiger partial charge >= 0.3 is 5.97 Å². The van der Waals surface area contributed by atoms with Crippen LogP contribution in [0.5, 0.6) is 11.5 Å². The molecule has 0 atom stereocenters. The van der Waals surface area contributed by atoms with Crippen LogP contribution in [0.3, 0.4) is 0 Å². The van der Waals surface area contributed by atoms with Crippen LogP contribution in [0.25, 0.3) is 0 Å². The smallest absolute Gasteiger partial charge is 0.328 e. The molecule has 1 aromatic carbocycles. The predicted octanol–water partition coefficient (Wildman–Crippen LogP) is 1.59. The molecule has 6 nitrogen and oxygen atoms in total. The molecule has 19 heavy (non-hydrogen) atoms. The Kier molecular flexibility index (Phi) is 4.93. The molecule has 2 N–H and O–H groups in total. The normalized spacial score (nSPS) is 10.3. The van der Waals surface area contributed by atoms with E-state index in [4.69, 9.17) is 14.6 Å². The number of hydrogen-bond acceptors (Lipinski definition) is 4. The average Bonchev–Trinajstić information content (AvgIpc) is 2.37. The number of aliphatic carboxylic acids is 1. The van der Waals surface area contributed by atoms with E-state index in [1.54, 1.807) is 12.1 Å².